The highest BCUT2D eigenvalue weighted by Gasteiger charge is 2.46. The van der Waals surface area contributed by atoms with Crippen molar-refractivity contribution < 1.29 is 81.6 Å². The maximum atomic E-state index is 12.9. The highest BCUT2D eigenvalue weighted by molar-refractivity contribution is 7.61. The van der Waals surface area contributed by atoms with Crippen LogP contribution in [0.5, 0.6) is 0 Å². The molecule has 21 nitrogen and oxygen atoms in total. The molecular formula is C50H81N3O18P2. The van der Waals surface area contributed by atoms with Gasteiger partial charge in [0.1, 0.15) is 30.7 Å². The van der Waals surface area contributed by atoms with Crippen LogP contribution in [0, 0.1) is 0 Å². The average Bonchev–Trinajstić information content (AvgIpc) is 3.62. The molecule has 1 aliphatic heterocycles. The lowest BCUT2D eigenvalue weighted by Gasteiger charge is -2.21. The number of carbonyl (C=O) groups is 2. The lowest BCUT2D eigenvalue weighted by Crippen LogP contribution is -2.36. The number of ether oxygens (including phenoxy) is 3. The fourth-order valence-electron chi connectivity index (χ4n) is 7.06. The predicted molar refractivity (Wildman–Crippen MR) is 274 cm³/mol. The largest absolute Gasteiger partial charge is 0.481 e. The Morgan fingerprint density at radius 3 is 2.03 bits per heavy atom. The molecule has 0 radical (unpaired) electrons. The molecule has 23 heteroatoms. The summed E-state index contributed by atoms with van der Waals surface area (Å²) in [5, 5.41) is 51.5. The number of phosphoric ester groups is 2. The highest BCUT2D eigenvalue weighted by atomic mass is 31.3. The van der Waals surface area contributed by atoms with Crippen molar-refractivity contribution in [3.05, 3.63) is 95.7 Å². The summed E-state index contributed by atoms with van der Waals surface area (Å²) in [5.41, 5.74) is 4.55. The number of allylic oxidation sites excluding steroid dienone is 9. The molecule has 2 rings (SSSR count). The molecule has 1 aromatic rings. The first kappa shape index (κ1) is 65.2. The quantitative estimate of drug-likeness (QED) is 0.0108. The molecular weight excluding hydrogens is 993 g/mol. The molecule has 2 heterocycles. The van der Waals surface area contributed by atoms with E-state index in [-0.39, 0.29) is 31.5 Å². The van der Waals surface area contributed by atoms with Crippen molar-refractivity contribution in [2.24, 2.45) is 0 Å². The van der Waals surface area contributed by atoms with Crippen molar-refractivity contribution in [3.8, 4) is 0 Å². The molecule has 0 aromatic carbocycles. The van der Waals surface area contributed by atoms with Crippen LogP contribution >= 0.6 is 15.6 Å². The summed E-state index contributed by atoms with van der Waals surface area (Å²) in [7, 11) is -11.0. The van der Waals surface area contributed by atoms with Crippen molar-refractivity contribution in [2.45, 2.75) is 185 Å². The fourth-order valence-corrected chi connectivity index (χ4v) is 9.17. The van der Waals surface area contributed by atoms with Gasteiger partial charge in [-0.25, -0.2) is 13.9 Å². The van der Waals surface area contributed by atoms with Crippen LogP contribution in [0.2, 0.25) is 0 Å². The Kier molecular flexibility index (Phi) is 33.7. The predicted octanol–water partition coefficient (Wildman–Crippen LogP) is 7.02. The summed E-state index contributed by atoms with van der Waals surface area (Å²) < 4.78 is 56.5. The van der Waals surface area contributed by atoms with Gasteiger partial charge in [0.15, 0.2) is 12.3 Å². The van der Waals surface area contributed by atoms with E-state index in [1.54, 1.807) is 36.5 Å². The zero-order valence-electron chi connectivity index (χ0n) is 42.2. The van der Waals surface area contributed by atoms with E-state index in [0.29, 0.717) is 12.8 Å². The number of phosphoric acid groups is 2. The lowest BCUT2D eigenvalue weighted by atomic mass is 10.1. The van der Waals surface area contributed by atoms with Crippen LogP contribution in [0.15, 0.2) is 90.0 Å². The van der Waals surface area contributed by atoms with Gasteiger partial charge in [0.2, 0.25) is 0 Å². The maximum absolute atomic E-state index is 12.9. The van der Waals surface area contributed by atoms with Crippen molar-refractivity contribution in [1.29, 1.82) is 0 Å². The first-order valence-corrected chi connectivity index (χ1v) is 28.3. The maximum Gasteiger partial charge on any atom is 0.481 e. The smallest absolute Gasteiger partial charge is 0.462 e. The second-order valence-corrected chi connectivity index (χ2v) is 20.5. The molecule has 1 saturated heterocycles. The highest BCUT2D eigenvalue weighted by Crippen LogP contribution is 2.60. The molecule has 2 unspecified atom stereocenters. The Balaban J connectivity index is 1.89. The third-order valence-electron chi connectivity index (χ3n) is 11.1. The van der Waals surface area contributed by atoms with Gasteiger partial charge in [0.25, 0.3) is 0 Å². The van der Waals surface area contributed by atoms with Crippen LogP contribution in [0.3, 0.4) is 0 Å². The number of aliphatic hydroxyl groups is 5. The Morgan fingerprint density at radius 1 is 0.767 bits per heavy atom. The second kappa shape index (κ2) is 37.8. The summed E-state index contributed by atoms with van der Waals surface area (Å²) in [6, 6.07) is 1.23. The lowest BCUT2D eigenvalue weighted by molar-refractivity contribution is -0.161. The van der Waals surface area contributed by atoms with E-state index in [0.717, 1.165) is 68.6 Å². The van der Waals surface area contributed by atoms with E-state index in [9.17, 15) is 58.8 Å². The molecule has 73 heavy (non-hydrogen) atoms. The number of nitrogens with two attached hydrogens (primary N) is 1. The van der Waals surface area contributed by atoms with Gasteiger partial charge in [0.05, 0.1) is 31.5 Å². The van der Waals surface area contributed by atoms with Crippen LogP contribution in [0.25, 0.3) is 0 Å². The van der Waals surface area contributed by atoms with E-state index < -0.39 is 102 Å². The standard InChI is InChI=1S/C50H81N3O18P2/c1-3-5-7-8-9-10-11-12-13-14-15-16-17-22-26-32-46(58)69-40(36-66-45(57)33-27-31-42(56)41(55)30-25-21-19-18-20-24-29-39(54)28-23-6-4-2)37-67-72(62,63)71-73(64,65)68-38-43-47(59)48(60)49(70-43)53-35-34-44(51)52-50(53)61/h6,10-11,18-21,23-25,29-30,34-35,39-43,47-49,54-56,59-60H,3-5,7-9,12-17,22,26-28,31-33,36-38H2,1-2H3,(H,62,63)(H,64,65)(H2,51,52,61)/b11-10-,20-18+,21-19-,23-6-,29-24+,30-25-/t39-,40-,41+,42+,43-,47-,48-,49-/m1/s1. The van der Waals surface area contributed by atoms with Gasteiger partial charge in [-0.3, -0.25) is 23.2 Å². The van der Waals surface area contributed by atoms with Gasteiger partial charge in [0, 0.05) is 19.0 Å². The van der Waals surface area contributed by atoms with Gasteiger partial charge in [-0.15, -0.1) is 0 Å². The Bertz CT molecular complexity index is 2060. The first-order valence-electron chi connectivity index (χ1n) is 25.3. The Hall–Kier alpha value is -3.92. The monoisotopic (exact) mass is 1070 g/mol. The second-order valence-electron chi connectivity index (χ2n) is 17.5. The molecule has 414 valence electrons. The van der Waals surface area contributed by atoms with Gasteiger partial charge in [-0.05, 0) is 63.9 Å². The van der Waals surface area contributed by atoms with Crippen molar-refractivity contribution in [3.63, 3.8) is 0 Å². The minimum atomic E-state index is -5.50. The molecule has 9 N–H and O–H groups in total. The van der Waals surface area contributed by atoms with Crippen LogP contribution in [0.4, 0.5) is 5.82 Å². The van der Waals surface area contributed by atoms with Crippen LogP contribution < -0.4 is 11.4 Å². The number of nitrogens with zero attached hydrogens (tertiary/aromatic N) is 2. The SMILES string of the molecule is CC/C=C\C[C@@H](O)/C=C/C=C/C=C\C=C/[C@H](O)[C@@H](O)CCCC(=O)OC[C@H](COP(=O)(O)OP(=O)(O)OC[C@H]1O[C@@H](n2ccc(N)nc2=O)[C@H](O)[C@@H]1O)OC(=O)CCCCCCCCC/C=C\CCCCCC. The average molecular weight is 1070 g/mol. The number of hydrogen-bond acceptors (Lipinski definition) is 18. The number of nitrogen functional groups attached to an aromatic ring is 1. The number of aliphatic hydroxyl groups excluding tert-OH is 5. The number of esters is 2. The fraction of sp³-hybridized carbons (Fsp3) is 0.640. The zero-order valence-corrected chi connectivity index (χ0v) is 44.0. The molecule has 1 fully saturated rings. The molecule has 0 saturated carbocycles. The number of anilines is 1. The number of aromatic nitrogens is 2. The van der Waals surface area contributed by atoms with E-state index in [1.807, 2.05) is 19.1 Å². The molecule has 1 aromatic heterocycles. The van der Waals surface area contributed by atoms with Crippen LogP contribution in [-0.2, 0) is 46.3 Å². The Morgan fingerprint density at radius 2 is 1.37 bits per heavy atom. The molecule has 0 bridgehead atoms. The first-order chi connectivity index (χ1) is 34.9. The Labute approximate surface area is 429 Å². The molecule has 0 spiro atoms. The molecule has 10 atom stereocenters. The van der Waals surface area contributed by atoms with E-state index in [1.165, 1.54) is 43.9 Å². The number of unbranched alkanes of at least 4 members (excludes halogenated alkanes) is 11. The third kappa shape index (κ3) is 30.3. The summed E-state index contributed by atoms with van der Waals surface area (Å²) in [5.74, 6) is -1.66. The topological polar surface area (TPSA) is 326 Å². The van der Waals surface area contributed by atoms with Crippen molar-refractivity contribution >= 4 is 33.4 Å². The van der Waals surface area contributed by atoms with E-state index in [2.05, 4.69) is 28.4 Å². The molecule has 0 amide bonds. The van der Waals surface area contributed by atoms with Crippen molar-refractivity contribution in [1.82, 2.24) is 9.55 Å². The number of rotatable bonds is 40. The van der Waals surface area contributed by atoms with Crippen LogP contribution in [0.1, 0.15) is 142 Å². The molecule has 1 aliphatic rings. The minimum absolute atomic E-state index is 0.00429. The van der Waals surface area contributed by atoms with Gasteiger partial charge >= 0.3 is 33.3 Å². The summed E-state index contributed by atoms with van der Waals surface area (Å²) in [6.07, 6.45) is 26.3. The van der Waals surface area contributed by atoms with Crippen molar-refractivity contribution in [2.75, 3.05) is 25.6 Å². The minimum Gasteiger partial charge on any atom is -0.462 e. The van der Waals surface area contributed by atoms with E-state index in [4.69, 9.17) is 29.0 Å². The zero-order chi connectivity index (χ0) is 53.9. The van der Waals surface area contributed by atoms with E-state index >= 15 is 0 Å². The number of hydrogen-bond donors (Lipinski definition) is 8. The van der Waals surface area contributed by atoms with Gasteiger partial charge < -0.3 is 55.3 Å². The molecule has 0 aliphatic carbocycles. The normalized spacial score (nSPS) is 20.9. The van der Waals surface area contributed by atoms with Crippen LogP contribution in [-0.4, -0.2) is 119 Å². The van der Waals surface area contributed by atoms with Gasteiger partial charge in [-0.2, -0.15) is 9.29 Å². The van der Waals surface area contributed by atoms with Gasteiger partial charge in [-0.1, -0.05) is 138 Å². The number of carbonyl (C=O) groups excluding carboxylic acids is 2. The third-order valence-corrected chi connectivity index (χ3v) is 13.7. The summed E-state index contributed by atoms with van der Waals surface area (Å²) in [4.78, 5) is 61.9. The summed E-state index contributed by atoms with van der Waals surface area (Å²) in [6.45, 7) is 1.60. The summed E-state index contributed by atoms with van der Waals surface area (Å²) >= 11 is 0.